The summed E-state index contributed by atoms with van der Waals surface area (Å²) in [6, 6.07) is 8.60. The van der Waals surface area contributed by atoms with E-state index in [0.29, 0.717) is 5.56 Å². The van der Waals surface area contributed by atoms with Crippen molar-refractivity contribution in [3.8, 4) is 11.5 Å². The summed E-state index contributed by atoms with van der Waals surface area (Å²) in [6.45, 7) is 1.82. The van der Waals surface area contributed by atoms with Gasteiger partial charge in [-0.05, 0) is 37.3 Å². The maximum atomic E-state index is 13.6. The molecule has 0 aliphatic heterocycles. The van der Waals surface area contributed by atoms with Crippen molar-refractivity contribution < 1.29 is 23.4 Å². The molecule has 0 aliphatic carbocycles. The normalized spacial score (nSPS) is 10.8. The van der Waals surface area contributed by atoms with E-state index in [0.717, 1.165) is 17.7 Å². The van der Waals surface area contributed by atoms with Gasteiger partial charge in [0.05, 0.1) is 0 Å². The van der Waals surface area contributed by atoms with Crippen LogP contribution in [-0.4, -0.2) is 11.1 Å². The number of carbonyl (C=O) groups is 1. The average molecular weight is 290 g/mol. The molecule has 0 bridgehead atoms. The molecule has 2 rings (SSSR count). The summed E-state index contributed by atoms with van der Waals surface area (Å²) >= 11 is 0. The molecule has 0 amide bonds. The first-order valence-electron chi connectivity index (χ1n) is 6.11. The van der Waals surface area contributed by atoms with Crippen LogP contribution in [0.15, 0.2) is 42.5 Å². The molecule has 1 N–H and O–H groups in total. The van der Waals surface area contributed by atoms with Crippen LogP contribution < -0.4 is 4.74 Å². The van der Waals surface area contributed by atoms with Crippen LogP contribution in [0, 0.1) is 18.6 Å². The van der Waals surface area contributed by atoms with Gasteiger partial charge in [-0.2, -0.15) is 4.39 Å². The Hall–Kier alpha value is -2.69. The molecule has 0 atom stereocenters. The molecule has 0 aromatic heterocycles. The Bertz CT molecular complexity index is 709. The van der Waals surface area contributed by atoms with E-state index in [2.05, 4.69) is 0 Å². The fourth-order valence-corrected chi connectivity index (χ4v) is 1.73. The number of rotatable bonds is 4. The summed E-state index contributed by atoms with van der Waals surface area (Å²) in [7, 11) is 0. The summed E-state index contributed by atoms with van der Waals surface area (Å²) in [4.78, 5) is 10.6. The Kier molecular flexibility index (Phi) is 4.33. The summed E-state index contributed by atoms with van der Waals surface area (Å²) in [6.07, 6.45) is 2.28. The van der Waals surface area contributed by atoms with Crippen LogP contribution in [0.5, 0.6) is 11.5 Å². The van der Waals surface area contributed by atoms with Gasteiger partial charge in [-0.25, -0.2) is 9.18 Å². The zero-order valence-electron chi connectivity index (χ0n) is 11.1. The summed E-state index contributed by atoms with van der Waals surface area (Å²) in [5.41, 5.74) is 1.34. The second-order valence-electron chi connectivity index (χ2n) is 4.37. The van der Waals surface area contributed by atoms with Gasteiger partial charge in [-0.1, -0.05) is 17.7 Å². The number of benzene rings is 2. The SMILES string of the molecule is Cc1ccc(Oc2cccc(F)c2F)c(/C=C/C(=O)O)c1. The number of halogens is 2. The van der Waals surface area contributed by atoms with E-state index in [1.807, 2.05) is 6.92 Å². The Morgan fingerprint density at radius 2 is 1.95 bits per heavy atom. The van der Waals surface area contributed by atoms with E-state index in [1.54, 1.807) is 18.2 Å². The van der Waals surface area contributed by atoms with Crippen molar-refractivity contribution in [1.29, 1.82) is 0 Å². The predicted molar refractivity (Wildman–Crippen MR) is 74.3 cm³/mol. The quantitative estimate of drug-likeness (QED) is 0.860. The van der Waals surface area contributed by atoms with Crippen molar-refractivity contribution in [2.45, 2.75) is 6.92 Å². The first-order valence-corrected chi connectivity index (χ1v) is 6.11. The lowest BCUT2D eigenvalue weighted by Gasteiger charge is -2.10. The van der Waals surface area contributed by atoms with Crippen LogP contribution in [0.1, 0.15) is 11.1 Å². The molecule has 0 saturated carbocycles. The van der Waals surface area contributed by atoms with Gasteiger partial charge in [-0.3, -0.25) is 0 Å². The van der Waals surface area contributed by atoms with Gasteiger partial charge >= 0.3 is 5.97 Å². The van der Waals surface area contributed by atoms with E-state index in [1.165, 1.54) is 18.2 Å². The molecule has 108 valence electrons. The molecular weight excluding hydrogens is 278 g/mol. The van der Waals surface area contributed by atoms with Gasteiger partial charge in [0, 0.05) is 11.6 Å². The molecule has 0 spiro atoms. The minimum atomic E-state index is -1.11. The van der Waals surface area contributed by atoms with Crippen LogP contribution in [0.4, 0.5) is 8.78 Å². The number of hydrogen-bond acceptors (Lipinski definition) is 2. The minimum absolute atomic E-state index is 0.239. The van der Waals surface area contributed by atoms with Gasteiger partial charge in [0.15, 0.2) is 11.6 Å². The molecular formula is C16H12F2O3. The van der Waals surface area contributed by atoms with Crippen LogP contribution >= 0.6 is 0 Å². The van der Waals surface area contributed by atoms with Crippen LogP contribution in [0.25, 0.3) is 6.08 Å². The largest absolute Gasteiger partial charge is 0.478 e. The lowest BCUT2D eigenvalue weighted by molar-refractivity contribution is -0.131. The molecule has 21 heavy (non-hydrogen) atoms. The third-order valence-electron chi connectivity index (χ3n) is 2.71. The smallest absolute Gasteiger partial charge is 0.328 e. The average Bonchev–Trinajstić information content (AvgIpc) is 2.43. The standard InChI is InChI=1S/C16H12F2O3/c1-10-5-7-13(11(9-10)6-8-15(19)20)21-14-4-2-3-12(17)16(14)18/h2-9H,1H3,(H,19,20)/b8-6+. The van der Waals surface area contributed by atoms with Crippen molar-refractivity contribution in [2.24, 2.45) is 0 Å². The van der Waals surface area contributed by atoms with E-state index in [9.17, 15) is 13.6 Å². The fourth-order valence-electron chi connectivity index (χ4n) is 1.73. The number of aryl methyl sites for hydroxylation is 1. The van der Waals surface area contributed by atoms with E-state index < -0.39 is 17.6 Å². The van der Waals surface area contributed by atoms with Gasteiger partial charge < -0.3 is 9.84 Å². The van der Waals surface area contributed by atoms with Crippen LogP contribution in [0.3, 0.4) is 0 Å². The Morgan fingerprint density at radius 3 is 2.67 bits per heavy atom. The lowest BCUT2D eigenvalue weighted by Crippen LogP contribution is -1.94. The molecule has 0 unspecified atom stereocenters. The Balaban J connectivity index is 2.39. The van der Waals surface area contributed by atoms with Crippen molar-refractivity contribution in [3.05, 3.63) is 65.2 Å². The highest BCUT2D eigenvalue weighted by Gasteiger charge is 2.11. The second kappa shape index (κ2) is 6.17. The van der Waals surface area contributed by atoms with Crippen LogP contribution in [-0.2, 0) is 4.79 Å². The molecule has 3 nitrogen and oxygen atoms in total. The van der Waals surface area contributed by atoms with Gasteiger partial charge in [0.1, 0.15) is 5.75 Å². The van der Waals surface area contributed by atoms with Gasteiger partial charge in [0.25, 0.3) is 0 Å². The third kappa shape index (κ3) is 3.66. The van der Waals surface area contributed by atoms with Gasteiger partial charge in [-0.15, -0.1) is 0 Å². The monoisotopic (exact) mass is 290 g/mol. The maximum absolute atomic E-state index is 13.6. The first-order chi connectivity index (χ1) is 9.97. The molecule has 0 radical (unpaired) electrons. The predicted octanol–water partition coefficient (Wildman–Crippen LogP) is 4.16. The summed E-state index contributed by atoms with van der Waals surface area (Å²) in [5, 5.41) is 8.67. The van der Waals surface area contributed by atoms with E-state index in [4.69, 9.17) is 9.84 Å². The maximum Gasteiger partial charge on any atom is 0.328 e. The summed E-state index contributed by atoms with van der Waals surface area (Å²) < 4.78 is 32.1. The third-order valence-corrected chi connectivity index (χ3v) is 2.71. The topological polar surface area (TPSA) is 46.5 Å². The van der Waals surface area contributed by atoms with Crippen molar-refractivity contribution in [3.63, 3.8) is 0 Å². The fraction of sp³-hybridized carbons (Fsp3) is 0.0625. The second-order valence-corrected chi connectivity index (χ2v) is 4.37. The van der Waals surface area contributed by atoms with E-state index >= 15 is 0 Å². The minimum Gasteiger partial charge on any atom is -0.478 e. The Labute approximate surface area is 120 Å². The lowest BCUT2D eigenvalue weighted by atomic mass is 10.1. The first kappa shape index (κ1) is 14.7. The molecule has 0 aliphatic rings. The molecule has 0 heterocycles. The van der Waals surface area contributed by atoms with Crippen molar-refractivity contribution in [1.82, 2.24) is 0 Å². The highest BCUT2D eigenvalue weighted by Crippen LogP contribution is 2.29. The van der Waals surface area contributed by atoms with E-state index in [-0.39, 0.29) is 11.5 Å². The summed E-state index contributed by atoms with van der Waals surface area (Å²) in [5.74, 6) is -3.24. The zero-order valence-corrected chi connectivity index (χ0v) is 11.1. The molecule has 2 aromatic carbocycles. The highest BCUT2D eigenvalue weighted by molar-refractivity contribution is 5.86. The number of ether oxygens (including phenoxy) is 1. The number of aliphatic carboxylic acids is 1. The Morgan fingerprint density at radius 1 is 1.19 bits per heavy atom. The molecule has 0 fully saturated rings. The van der Waals surface area contributed by atoms with Crippen molar-refractivity contribution in [2.75, 3.05) is 0 Å². The van der Waals surface area contributed by atoms with Gasteiger partial charge in [0.2, 0.25) is 5.82 Å². The number of carboxylic acid groups (broad SMARTS) is 1. The highest BCUT2D eigenvalue weighted by atomic mass is 19.2. The van der Waals surface area contributed by atoms with Crippen molar-refractivity contribution >= 4 is 12.0 Å². The zero-order chi connectivity index (χ0) is 15.4. The van der Waals surface area contributed by atoms with Crippen LogP contribution in [0.2, 0.25) is 0 Å². The molecule has 2 aromatic rings. The number of hydrogen-bond donors (Lipinski definition) is 1. The number of carboxylic acids is 1. The molecule has 5 heteroatoms. The molecule has 0 saturated heterocycles.